The van der Waals surface area contributed by atoms with Gasteiger partial charge in [-0.3, -0.25) is 14.6 Å². The van der Waals surface area contributed by atoms with Gasteiger partial charge >= 0.3 is 0 Å². The molecule has 4 rings (SSSR count). The Labute approximate surface area is 172 Å². The van der Waals surface area contributed by atoms with Gasteiger partial charge in [-0.2, -0.15) is 0 Å². The lowest BCUT2D eigenvalue weighted by Crippen LogP contribution is -2.40. The van der Waals surface area contributed by atoms with Crippen LogP contribution in [0.2, 0.25) is 5.02 Å². The first-order valence-electron chi connectivity index (χ1n) is 8.95. The molecule has 1 N–H and O–H groups in total. The van der Waals surface area contributed by atoms with Crippen molar-refractivity contribution in [1.29, 1.82) is 0 Å². The van der Waals surface area contributed by atoms with Crippen molar-refractivity contribution in [3.05, 3.63) is 70.5 Å². The molecular weight excluding hydrogens is 416 g/mol. The number of hydrogen-bond donors (Lipinski definition) is 1. The SMILES string of the molecule is O=C1C(=O)N(C2CCS(=O)(=O)C2)C(c2ccncc2)C1=C(O)c1ccc(Cl)cc1. The van der Waals surface area contributed by atoms with Gasteiger partial charge in [-0.1, -0.05) is 11.6 Å². The van der Waals surface area contributed by atoms with Crippen LogP contribution in [0.5, 0.6) is 0 Å². The van der Waals surface area contributed by atoms with Crippen molar-refractivity contribution in [3.8, 4) is 0 Å². The maximum Gasteiger partial charge on any atom is 0.295 e. The molecule has 7 nitrogen and oxygen atoms in total. The fourth-order valence-corrected chi connectivity index (χ4v) is 5.70. The first-order valence-corrected chi connectivity index (χ1v) is 11.1. The minimum Gasteiger partial charge on any atom is -0.507 e. The molecular formula is C20H17ClN2O5S. The van der Waals surface area contributed by atoms with Crippen LogP contribution in [0.15, 0.2) is 54.4 Å². The molecule has 0 spiro atoms. The Hall–Kier alpha value is -2.71. The molecule has 29 heavy (non-hydrogen) atoms. The van der Waals surface area contributed by atoms with Crippen LogP contribution in [0.25, 0.3) is 5.76 Å². The molecule has 2 fully saturated rings. The molecule has 0 aliphatic carbocycles. The number of rotatable bonds is 3. The highest BCUT2D eigenvalue weighted by Crippen LogP contribution is 2.42. The molecule has 2 saturated heterocycles. The second-order valence-electron chi connectivity index (χ2n) is 7.05. The van der Waals surface area contributed by atoms with E-state index in [9.17, 15) is 23.1 Å². The van der Waals surface area contributed by atoms with Crippen LogP contribution in [-0.2, 0) is 19.4 Å². The zero-order valence-electron chi connectivity index (χ0n) is 15.2. The van der Waals surface area contributed by atoms with Gasteiger partial charge in [0.2, 0.25) is 0 Å². The lowest BCUT2D eigenvalue weighted by molar-refractivity contribution is -0.141. The minimum atomic E-state index is -3.28. The summed E-state index contributed by atoms with van der Waals surface area (Å²) < 4.78 is 24.0. The lowest BCUT2D eigenvalue weighted by atomic mass is 9.95. The Morgan fingerprint density at radius 2 is 1.76 bits per heavy atom. The van der Waals surface area contributed by atoms with Gasteiger partial charge in [-0.25, -0.2) is 8.42 Å². The number of hydrogen-bond acceptors (Lipinski definition) is 6. The summed E-state index contributed by atoms with van der Waals surface area (Å²) in [5, 5.41) is 11.4. The van der Waals surface area contributed by atoms with Crippen LogP contribution in [0, 0.1) is 0 Å². The first kappa shape index (κ1) is 19.6. The van der Waals surface area contributed by atoms with Crippen molar-refractivity contribution in [2.45, 2.75) is 18.5 Å². The summed E-state index contributed by atoms with van der Waals surface area (Å²) >= 11 is 5.90. The topological polar surface area (TPSA) is 105 Å². The molecule has 0 saturated carbocycles. The van der Waals surface area contributed by atoms with E-state index in [4.69, 9.17) is 11.6 Å². The smallest absolute Gasteiger partial charge is 0.295 e. The highest BCUT2D eigenvalue weighted by molar-refractivity contribution is 7.91. The van der Waals surface area contributed by atoms with E-state index in [0.29, 0.717) is 16.1 Å². The average Bonchev–Trinajstić information content (AvgIpc) is 3.19. The number of nitrogens with zero attached hydrogens (tertiary/aromatic N) is 2. The third-order valence-corrected chi connectivity index (χ3v) is 7.22. The van der Waals surface area contributed by atoms with Gasteiger partial charge in [-0.15, -0.1) is 0 Å². The molecule has 0 radical (unpaired) electrons. The molecule has 0 bridgehead atoms. The number of halogens is 1. The normalized spacial score (nSPS) is 25.5. The summed E-state index contributed by atoms with van der Waals surface area (Å²) in [6.07, 6.45) is 3.28. The van der Waals surface area contributed by atoms with Gasteiger partial charge in [0.1, 0.15) is 5.76 Å². The quantitative estimate of drug-likeness (QED) is 0.453. The van der Waals surface area contributed by atoms with E-state index < -0.39 is 33.6 Å². The fraction of sp³-hybridized carbons (Fsp3) is 0.250. The Morgan fingerprint density at radius 3 is 2.34 bits per heavy atom. The third kappa shape index (κ3) is 3.54. The largest absolute Gasteiger partial charge is 0.507 e. The summed E-state index contributed by atoms with van der Waals surface area (Å²) in [4.78, 5) is 31.0. The summed E-state index contributed by atoms with van der Waals surface area (Å²) in [6.45, 7) is 0. The van der Waals surface area contributed by atoms with Crippen molar-refractivity contribution in [3.63, 3.8) is 0 Å². The monoisotopic (exact) mass is 432 g/mol. The molecule has 2 atom stereocenters. The summed E-state index contributed by atoms with van der Waals surface area (Å²) in [6, 6.07) is 7.99. The number of aliphatic hydroxyl groups excluding tert-OH is 1. The summed E-state index contributed by atoms with van der Waals surface area (Å²) in [7, 11) is -3.28. The number of aromatic nitrogens is 1. The van der Waals surface area contributed by atoms with E-state index in [1.54, 1.807) is 36.4 Å². The Morgan fingerprint density at radius 1 is 1.10 bits per heavy atom. The lowest BCUT2D eigenvalue weighted by Gasteiger charge is -2.30. The molecule has 9 heteroatoms. The highest BCUT2D eigenvalue weighted by Gasteiger charge is 2.50. The number of Topliss-reactive ketones (excluding diaryl/α,β-unsaturated/α-hetero) is 1. The average molecular weight is 433 g/mol. The van der Waals surface area contributed by atoms with E-state index in [-0.39, 0.29) is 29.3 Å². The molecule has 2 aliphatic heterocycles. The van der Waals surface area contributed by atoms with Gasteiger partial charge < -0.3 is 10.0 Å². The maximum absolute atomic E-state index is 12.9. The van der Waals surface area contributed by atoms with Crippen LogP contribution in [-0.4, -0.2) is 52.6 Å². The number of carbonyl (C=O) groups excluding carboxylic acids is 2. The van der Waals surface area contributed by atoms with Crippen LogP contribution < -0.4 is 0 Å². The van der Waals surface area contributed by atoms with Crippen LogP contribution in [0.1, 0.15) is 23.6 Å². The molecule has 2 unspecified atom stereocenters. The number of aliphatic hydroxyl groups is 1. The summed E-state index contributed by atoms with van der Waals surface area (Å²) in [5.41, 5.74) is 0.831. The van der Waals surface area contributed by atoms with Crippen molar-refractivity contribution in [2.75, 3.05) is 11.5 Å². The number of pyridine rings is 1. The Balaban J connectivity index is 1.88. The number of amides is 1. The Kier molecular flexibility index (Phi) is 4.92. The van der Waals surface area contributed by atoms with Gasteiger partial charge in [0.05, 0.1) is 23.1 Å². The van der Waals surface area contributed by atoms with Gasteiger partial charge in [0.15, 0.2) is 9.84 Å². The van der Waals surface area contributed by atoms with Crippen LogP contribution in [0.4, 0.5) is 0 Å². The van der Waals surface area contributed by atoms with E-state index in [1.165, 1.54) is 17.3 Å². The second kappa shape index (κ2) is 7.27. The zero-order valence-corrected chi connectivity index (χ0v) is 16.7. The number of likely N-dealkylation sites (tertiary alicyclic amines) is 1. The van der Waals surface area contributed by atoms with Crippen molar-refractivity contribution in [2.24, 2.45) is 0 Å². The van der Waals surface area contributed by atoms with Crippen molar-refractivity contribution in [1.82, 2.24) is 9.88 Å². The molecule has 150 valence electrons. The van der Waals surface area contributed by atoms with E-state index >= 15 is 0 Å². The van der Waals surface area contributed by atoms with Crippen molar-refractivity contribution < 1.29 is 23.1 Å². The molecule has 2 aliphatic rings. The zero-order chi connectivity index (χ0) is 20.8. The van der Waals surface area contributed by atoms with Gasteiger partial charge in [0, 0.05) is 29.0 Å². The Bertz CT molecular complexity index is 1110. The van der Waals surface area contributed by atoms with E-state index in [0.717, 1.165) is 0 Å². The number of sulfone groups is 1. The predicted molar refractivity (Wildman–Crippen MR) is 107 cm³/mol. The molecule has 1 aromatic heterocycles. The van der Waals surface area contributed by atoms with Crippen LogP contribution >= 0.6 is 11.6 Å². The number of ketones is 1. The third-order valence-electron chi connectivity index (χ3n) is 5.22. The standard InChI is InChI=1S/C20H17ClN2O5S/c21-14-3-1-13(2-4-14)18(24)16-17(12-5-8-22-9-6-12)23(20(26)19(16)25)15-7-10-29(27,28)11-15/h1-6,8-9,15,17,24H,7,10-11H2. The minimum absolute atomic E-state index is 0.0408. The van der Waals surface area contributed by atoms with E-state index in [2.05, 4.69) is 4.98 Å². The maximum atomic E-state index is 12.9. The number of carbonyl (C=O) groups is 2. The van der Waals surface area contributed by atoms with Gasteiger partial charge in [0.25, 0.3) is 11.7 Å². The number of benzene rings is 1. The highest BCUT2D eigenvalue weighted by atomic mass is 35.5. The molecule has 1 amide bonds. The molecule has 1 aromatic carbocycles. The predicted octanol–water partition coefficient (Wildman–Crippen LogP) is 2.34. The van der Waals surface area contributed by atoms with E-state index in [1.807, 2.05) is 0 Å². The fourth-order valence-electron chi connectivity index (χ4n) is 3.86. The first-order chi connectivity index (χ1) is 13.8. The molecule has 2 aromatic rings. The van der Waals surface area contributed by atoms with Crippen LogP contribution in [0.3, 0.4) is 0 Å². The summed E-state index contributed by atoms with van der Waals surface area (Å²) in [5.74, 6) is -2.23. The van der Waals surface area contributed by atoms with Crippen molar-refractivity contribution >= 4 is 38.9 Å². The van der Waals surface area contributed by atoms with Gasteiger partial charge in [-0.05, 0) is 48.4 Å². The second-order valence-corrected chi connectivity index (χ2v) is 9.72. The molecule has 3 heterocycles.